The molecule has 0 aromatic heterocycles. The summed E-state index contributed by atoms with van der Waals surface area (Å²) in [5, 5.41) is 3.49. The van der Waals surface area contributed by atoms with Crippen LogP contribution in [0.2, 0.25) is 5.02 Å². The van der Waals surface area contributed by atoms with Crippen LogP contribution >= 0.6 is 11.6 Å². The lowest BCUT2D eigenvalue weighted by Crippen LogP contribution is -2.51. The molecular formula is C22H27ClN2O4S. The van der Waals surface area contributed by atoms with Crippen molar-refractivity contribution in [3.05, 3.63) is 65.2 Å². The maximum atomic E-state index is 13.0. The highest BCUT2D eigenvalue weighted by molar-refractivity contribution is 7.92. The molecular weight excluding hydrogens is 424 g/mol. The molecule has 0 unspecified atom stereocenters. The van der Waals surface area contributed by atoms with Gasteiger partial charge in [-0.15, -0.1) is 0 Å². The van der Waals surface area contributed by atoms with Crippen molar-refractivity contribution >= 4 is 33.2 Å². The minimum atomic E-state index is -3.68. The molecule has 0 aliphatic carbocycles. The van der Waals surface area contributed by atoms with Gasteiger partial charge in [0.25, 0.3) is 0 Å². The Morgan fingerprint density at radius 2 is 1.73 bits per heavy atom. The number of hydrogen-bond donors (Lipinski definition) is 1. The van der Waals surface area contributed by atoms with Crippen molar-refractivity contribution in [2.24, 2.45) is 0 Å². The third kappa shape index (κ3) is 5.14. The number of hydrogen-bond acceptors (Lipinski definition) is 4. The van der Waals surface area contributed by atoms with Crippen LogP contribution in [0, 0.1) is 0 Å². The van der Waals surface area contributed by atoms with Crippen molar-refractivity contribution in [2.75, 3.05) is 30.3 Å². The molecule has 3 rings (SSSR count). The summed E-state index contributed by atoms with van der Waals surface area (Å²) in [5.41, 5.74) is 1.32. The van der Waals surface area contributed by atoms with Gasteiger partial charge in [0.2, 0.25) is 15.9 Å². The monoisotopic (exact) mass is 450 g/mol. The fourth-order valence-electron chi connectivity index (χ4n) is 3.92. The van der Waals surface area contributed by atoms with Gasteiger partial charge in [0.05, 0.1) is 11.9 Å². The maximum absolute atomic E-state index is 13.0. The van der Waals surface area contributed by atoms with Crippen LogP contribution in [0.25, 0.3) is 0 Å². The predicted octanol–water partition coefficient (Wildman–Crippen LogP) is 3.36. The molecule has 162 valence electrons. The van der Waals surface area contributed by atoms with E-state index in [1.165, 1.54) is 0 Å². The molecule has 1 N–H and O–H groups in total. The van der Waals surface area contributed by atoms with Gasteiger partial charge in [-0.3, -0.25) is 9.10 Å². The van der Waals surface area contributed by atoms with Crippen LogP contribution in [0.5, 0.6) is 0 Å². The van der Waals surface area contributed by atoms with Crippen LogP contribution in [0.4, 0.5) is 5.69 Å². The van der Waals surface area contributed by atoms with Gasteiger partial charge in [-0.05, 0) is 49.6 Å². The number of benzene rings is 2. The first kappa shape index (κ1) is 22.6. The number of halogens is 1. The third-order valence-corrected chi connectivity index (χ3v) is 7.10. The highest BCUT2D eigenvalue weighted by Crippen LogP contribution is 2.34. The lowest BCUT2D eigenvalue weighted by molar-refractivity contribution is -0.122. The molecule has 1 amide bonds. The number of nitrogens with zero attached hydrogens (tertiary/aromatic N) is 1. The van der Waals surface area contributed by atoms with Crippen LogP contribution in [-0.4, -0.2) is 46.4 Å². The molecule has 2 aromatic carbocycles. The molecule has 8 heteroatoms. The van der Waals surface area contributed by atoms with Crippen LogP contribution in [-0.2, 0) is 25.0 Å². The van der Waals surface area contributed by atoms with E-state index in [4.69, 9.17) is 16.3 Å². The Bertz CT molecular complexity index is 958. The van der Waals surface area contributed by atoms with Crippen LogP contribution in [0.3, 0.4) is 0 Å². The standard InChI is InChI=1S/C22H27ClN2O4S/c1-17(25(30(2,27)28)20-10-8-19(23)9-11-20)21(26)24-16-22(12-14-29-15-13-22)18-6-4-3-5-7-18/h3-11,17H,12-16H2,1-2H3,(H,24,26)/t17-/m1/s1. The molecule has 1 aliphatic heterocycles. The summed E-state index contributed by atoms with van der Waals surface area (Å²) in [6.07, 6.45) is 2.67. The summed E-state index contributed by atoms with van der Waals surface area (Å²) in [6.45, 7) is 3.26. The average Bonchev–Trinajstić information content (AvgIpc) is 2.74. The lowest BCUT2D eigenvalue weighted by atomic mass is 9.74. The van der Waals surface area contributed by atoms with E-state index in [1.54, 1.807) is 31.2 Å². The first-order chi connectivity index (χ1) is 14.2. The van der Waals surface area contributed by atoms with Gasteiger partial charge >= 0.3 is 0 Å². The number of ether oxygens (including phenoxy) is 1. The van der Waals surface area contributed by atoms with E-state index in [0.717, 1.165) is 29.0 Å². The molecule has 30 heavy (non-hydrogen) atoms. The normalized spacial score (nSPS) is 17.2. The molecule has 1 saturated heterocycles. The average molecular weight is 451 g/mol. The molecule has 0 spiro atoms. The van der Waals surface area contributed by atoms with Gasteiger partial charge in [-0.1, -0.05) is 41.9 Å². The summed E-state index contributed by atoms with van der Waals surface area (Å²) in [4.78, 5) is 13.0. The molecule has 0 bridgehead atoms. The minimum Gasteiger partial charge on any atom is -0.381 e. The van der Waals surface area contributed by atoms with Crippen molar-refractivity contribution < 1.29 is 17.9 Å². The zero-order valence-corrected chi connectivity index (χ0v) is 18.7. The largest absolute Gasteiger partial charge is 0.381 e. The Kier molecular flexibility index (Phi) is 7.06. The van der Waals surface area contributed by atoms with E-state index in [0.29, 0.717) is 30.5 Å². The predicted molar refractivity (Wildman–Crippen MR) is 119 cm³/mol. The molecule has 1 fully saturated rings. The van der Waals surface area contributed by atoms with Gasteiger partial charge < -0.3 is 10.1 Å². The molecule has 2 aromatic rings. The SMILES string of the molecule is C[C@H](C(=O)NCC1(c2ccccc2)CCOCC1)N(c1ccc(Cl)cc1)S(C)(=O)=O. The van der Waals surface area contributed by atoms with E-state index in [9.17, 15) is 13.2 Å². The van der Waals surface area contributed by atoms with Crippen LogP contribution in [0.15, 0.2) is 54.6 Å². The lowest BCUT2D eigenvalue weighted by Gasteiger charge is -2.38. The van der Waals surface area contributed by atoms with Crippen molar-refractivity contribution in [3.63, 3.8) is 0 Å². The molecule has 0 radical (unpaired) electrons. The number of sulfonamides is 1. The summed E-state index contributed by atoms with van der Waals surface area (Å²) in [6, 6.07) is 15.6. The summed E-state index contributed by atoms with van der Waals surface area (Å²) in [7, 11) is -3.68. The Morgan fingerprint density at radius 3 is 2.30 bits per heavy atom. The van der Waals surface area contributed by atoms with Gasteiger partial charge in [-0.2, -0.15) is 0 Å². The van der Waals surface area contributed by atoms with Crippen molar-refractivity contribution in [2.45, 2.75) is 31.2 Å². The van der Waals surface area contributed by atoms with Crippen molar-refractivity contribution in [1.29, 1.82) is 0 Å². The number of carbonyl (C=O) groups excluding carboxylic acids is 1. The van der Waals surface area contributed by atoms with E-state index in [-0.39, 0.29) is 11.3 Å². The Hall–Kier alpha value is -2.09. The first-order valence-corrected chi connectivity index (χ1v) is 12.1. The highest BCUT2D eigenvalue weighted by atomic mass is 35.5. The zero-order valence-electron chi connectivity index (χ0n) is 17.2. The Labute approximate surface area is 183 Å². The third-order valence-electron chi connectivity index (χ3n) is 5.61. The fraction of sp³-hybridized carbons (Fsp3) is 0.409. The Balaban J connectivity index is 1.79. The summed E-state index contributed by atoms with van der Waals surface area (Å²) < 4.78 is 31.6. The molecule has 1 aliphatic rings. The van der Waals surface area contributed by atoms with Gasteiger partial charge in [-0.25, -0.2) is 8.42 Å². The highest BCUT2D eigenvalue weighted by Gasteiger charge is 2.36. The summed E-state index contributed by atoms with van der Waals surface area (Å²) >= 11 is 5.92. The van der Waals surface area contributed by atoms with E-state index >= 15 is 0 Å². The molecule has 0 saturated carbocycles. The number of nitrogens with one attached hydrogen (secondary N) is 1. The second-order valence-corrected chi connectivity index (χ2v) is 9.98. The molecule has 6 nitrogen and oxygen atoms in total. The topological polar surface area (TPSA) is 75.7 Å². The second kappa shape index (κ2) is 9.37. The maximum Gasteiger partial charge on any atom is 0.243 e. The number of anilines is 1. The minimum absolute atomic E-state index is 0.231. The quantitative estimate of drug-likeness (QED) is 0.701. The zero-order chi connectivity index (χ0) is 21.8. The number of rotatable bonds is 7. The number of amides is 1. The van der Waals surface area contributed by atoms with Crippen molar-refractivity contribution in [1.82, 2.24) is 5.32 Å². The summed E-state index contributed by atoms with van der Waals surface area (Å²) in [5.74, 6) is -0.350. The number of carbonyl (C=O) groups is 1. The first-order valence-electron chi connectivity index (χ1n) is 9.89. The van der Waals surface area contributed by atoms with Gasteiger partial charge in [0, 0.05) is 30.2 Å². The van der Waals surface area contributed by atoms with Gasteiger partial charge in [0.15, 0.2) is 0 Å². The fourth-order valence-corrected chi connectivity index (χ4v) is 5.22. The second-order valence-electron chi connectivity index (χ2n) is 7.69. The molecule has 1 heterocycles. The van der Waals surface area contributed by atoms with Crippen molar-refractivity contribution in [3.8, 4) is 0 Å². The van der Waals surface area contributed by atoms with E-state index < -0.39 is 16.1 Å². The van der Waals surface area contributed by atoms with E-state index in [1.807, 2.05) is 18.2 Å². The van der Waals surface area contributed by atoms with E-state index in [2.05, 4.69) is 17.4 Å². The molecule has 1 atom stereocenters. The Morgan fingerprint density at radius 1 is 1.13 bits per heavy atom. The van der Waals surface area contributed by atoms with Crippen LogP contribution in [0.1, 0.15) is 25.3 Å². The van der Waals surface area contributed by atoms with Crippen LogP contribution < -0.4 is 9.62 Å². The van der Waals surface area contributed by atoms with Gasteiger partial charge in [0.1, 0.15) is 6.04 Å². The smallest absolute Gasteiger partial charge is 0.243 e.